The second-order valence-electron chi connectivity index (χ2n) is 10.5. The minimum atomic E-state index is -1.44. The summed E-state index contributed by atoms with van der Waals surface area (Å²) in [5, 5.41) is 53.5. The second-order valence-corrected chi connectivity index (χ2v) is 13.8. The molecule has 0 amide bonds. The smallest absolute Gasteiger partial charge is 0.693 e. The number of nitrogens with zero attached hydrogens (tertiary/aromatic N) is 1. The van der Waals surface area contributed by atoms with Crippen molar-refractivity contribution >= 4 is 54.7 Å². The molecule has 0 spiro atoms. The molecule has 17 N–H and O–H groups in total. The molecule has 1 aliphatic heterocycles. The number of aliphatic carboxylic acids is 6. The van der Waals surface area contributed by atoms with E-state index < -0.39 is 69.5 Å². The molecule has 20 nitrogen and oxygen atoms in total. The minimum Gasteiger partial charge on any atom is -0.693 e. The van der Waals surface area contributed by atoms with Crippen LogP contribution < -0.4 is 0 Å². The molecule has 3 aliphatic carbocycles. The Morgan fingerprint density at radius 2 is 0.885 bits per heavy atom. The average Bonchev–Trinajstić information content (AvgIpc) is 3.39. The maximum atomic E-state index is 10.4. The fraction of sp³-hybridized carbons (Fsp3) is 0.769. The van der Waals surface area contributed by atoms with Crippen LogP contribution in [-0.4, -0.2) is 97.7 Å². The summed E-state index contributed by atoms with van der Waals surface area (Å²) in [6.07, 6.45) is 8.32. The zero-order valence-electron chi connectivity index (χ0n) is 27.7. The van der Waals surface area contributed by atoms with Crippen molar-refractivity contribution in [1.82, 2.24) is 0 Å². The Labute approximate surface area is 363 Å². The molecule has 0 radical (unpaired) electrons. The SMILES string of the molecule is O=C(O)C1(C(=O)O)CCC1.O=C(O)C1(C(=O)O)CCC1.O=C(O)CC(=O)O.[Cl][Pt+2][Cl].[NH-]C1CCCC[C@@H]1[NH-].[NH-]C[C@@H]1CCC[N-]1.[NH2-].[NH2-].[NH2-].[NH2-].[Pt+2].[Pt+2].[Pt+2]. The average molecular weight is 1520 g/mol. The molecule has 26 heteroatoms. The molecule has 52 heavy (non-hydrogen) atoms. The first-order chi connectivity index (χ1) is 21.0. The van der Waals surface area contributed by atoms with Crippen LogP contribution in [0.1, 0.15) is 83.5 Å². The molecular formula is C26H50Cl2N8O12Pt4. The Morgan fingerprint density at radius 1 is 0.596 bits per heavy atom. The molecular weight excluding hydrogens is 1470 g/mol. The third-order valence-electron chi connectivity index (χ3n) is 7.44. The molecule has 4 aliphatic rings. The number of halogens is 2. The molecule has 4 fully saturated rings. The summed E-state index contributed by atoms with van der Waals surface area (Å²) in [6.45, 7) is 1.50. The van der Waals surface area contributed by atoms with Gasteiger partial charge in [0.2, 0.25) is 0 Å². The van der Waals surface area contributed by atoms with Gasteiger partial charge in [0.15, 0.2) is 10.8 Å². The maximum Gasteiger partial charge on any atom is 2.00 e. The van der Waals surface area contributed by atoms with Gasteiger partial charge in [0.05, 0.1) is 0 Å². The standard InChI is InChI=1S/C6H12N2.2C6H8O4.C5H10N2.C3H4O4.2ClH.4H2N.4Pt/c7-5-3-1-2-4-6(5)8;2*7-4(8)6(5(9)10)2-1-3-6;6-4-5-2-1-3-7-5;4-2(5)1-3(6)7;;;;;;;;;;/h5-8H,1-4H2;2*1-3H2,(H,7,8)(H,9,10);5-6H,1-4H2;1H2,(H,4,5)(H,6,7);2*1H;4*1H2;;;;/q-2;;;-2;;;;4*-1;3*+2;+4/p-2/t5-,6?;;;5-;;;;;;;;;;;/m0..0.........../s1. The van der Waals surface area contributed by atoms with E-state index in [1.165, 1.54) is 19.3 Å². The van der Waals surface area contributed by atoms with E-state index in [4.69, 9.17) is 66.7 Å². The topological polar surface area (TPSA) is 443 Å². The van der Waals surface area contributed by atoms with E-state index in [9.17, 15) is 28.8 Å². The van der Waals surface area contributed by atoms with Crippen molar-refractivity contribution in [3.8, 4) is 0 Å². The van der Waals surface area contributed by atoms with Crippen molar-refractivity contribution in [2.24, 2.45) is 10.8 Å². The van der Waals surface area contributed by atoms with Crippen LogP contribution in [0.5, 0.6) is 0 Å². The molecule has 3 atom stereocenters. The monoisotopic (exact) mass is 1520 g/mol. The Kier molecular flexibility index (Phi) is 56.9. The van der Waals surface area contributed by atoms with Gasteiger partial charge in [-0.3, -0.25) is 28.8 Å². The summed E-state index contributed by atoms with van der Waals surface area (Å²) in [5.74, 6) is -7.44. The first-order valence-electron chi connectivity index (χ1n) is 13.9. The van der Waals surface area contributed by atoms with Crippen molar-refractivity contribution in [3.63, 3.8) is 0 Å². The Balaban J connectivity index is -0.0000000607. The van der Waals surface area contributed by atoms with Gasteiger partial charge in [0.25, 0.3) is 0 Å². The molecule has 1 saturated heterocycles. The van der Waals surface area contributed by atoms with E-state index in [-0.39, 0.29) is 126 Å². The van der Waals surface area contributed by atoms with Crippen molar-refractivity contribution < 1.29 is 139 Å². The van der Waals surface area contributed by atoms with E-state index >= 15 is 0 Å². The number of carboxylic acids is 6. The van der Waals surface area contributed by atoms with Gasteiger partial charge in [-0.1, -0.05) is 38.5 Å². The molecule has 0 bridgehead atoms. The van der Waals surface area contributed by atoms with E-state index in [2.05, 4.69) is 5.32 Å². The van der Waals surface area contributed by atoms with E-state index in [1.807, 2.05) is 0 Å². The zero-order valence-corrected chi connectivity index (χ0v) is 38.3. The van der Waals surface area contributed by atoms with Crippen LogP contribution in [0, 0.1) is 10.8 Å². The predicted octanol–water partition coefficient (Wildman–Crippen LogP) is 8.41. The second kappa shape index (κ2) is 40.5. The Hall–Kier alpha value is -0.167. The van der Waals surface area contributed by atoms with Crippen LogP contribution in [0.15, 0.2) is 0 Å². The fourth-order valence-corrected chi connectivity index (χ4v) is 4.22. The molecule has 4 rings (SSSR count). The third-order valence-corrected chi connectivity index (χ3v) is 7.44. The molecule has 0 aromatic rings. The van der Waals surface area contributed by atoms with Crippen LogP contribution in [0.4, 0.5) is 0 Å². The predicted molar refractivity (Wildman–Crippen MR) is 181 cm³/mol. The molecule has 3 saturated carbocycles. The van der Waals surface area contributed by atoms with Crippen molar-refractivity contribution in [2.45, 2.75) is 102 Å². The van der Waals surface area contributed by atoms with Gasteiger partial charge in [-0.15, -0.1) is 6.54 Å². The molecule has 0 aromatic heterocycles. The van der Waals surface area contributed by atoms with Gasteiger partial charge < -0.3 is 77.8 Å². The summed E-state index contributed by atoms with van der Waals surface area (Å²) in [4.78, 5) is 60.3. The number of rotatable bonds is 7. The van der Waals surface area contributed by atoms with E-state index in [0.29, 0.717) is 25.4 Å². The molecule has 320 valence electrons. The third kappa shape index (κ3) is 29.2. The Bertz CT molecular complexity index is 878. The maximum absolute atomic E-state index is 10.4. The minimum absolute atomic E-state index is 0. The summed E-state index contributed by atoms with van der Waals surface area (Å²) in [7, 11) is 9.75. The first kappa shape index (κ1) is 73.0. The van der Waals surface area contributed by atoms with Gasteiger partial charge >= 0.3 is 134 Å². The summed E-state index contributed by atoms with van der Waals surface area (Å²) < 4.78 is 0. The molecule has 1 unspecified atom stereocenters. The quantitative estimate of drug-likeness (QED) is 0.131. The first-order valence-corrected chi connectivity index (χ1v) is 19.5. The number of hydrogen-bond acceptors (Lipinski definition) is 6. The van der Waals surface area contributed by atoms with E-state index in [1.54, 1.807) is 0 Å². The van der Waals surface area contributed by atoms with E-state index in [0.717, 1.165) is 25.8 Å². The number of carbonyl (C=O) groups is 6. The van der Waals surface area contributed by atoms with Crippen molar-refractivity contribution in [3.05, 3.63) is 47.1 Å². The summed E-state index contributed by atoms with van der Waals surface area (Å²) in [5.41, 5.74) is 18.6. The fourth-order valence-electron chi connectivity index (χ4n) is 4.22. The number of nitrogens with two attached hydrogens (primary N) is 4. The number of nitrogens with one attached hydrogen (secondary N) is 3. The van der Waals surface area contributed by atoms with Crippen LogP contribution >= 0.6 is 18.8 Å². The van der Waals surface area contributed by atoms with Crippen LogP contribution in [-0.2, 0) is 108 Å². The van der Waals surface area contributed by atoms with Gasteiger partial charge in [-0.05, 0) is 38.5 Å². The zero-order chi connectivity index (χ0) is 35.2. The summed E-state index contributed by atoms with van der Waals surface area (Å²) in [6, 6.07) is 0.229. The number of hydrogen-bond donors (Lipinski definition) is 6. The van der Waals surface area contributed by atoms with Crippen molar-refractivity contribution in [1.29, 1.82) is 0 Å². The van der Waals surface area contributed by atoms with Gasteiger partial charge in [-0.2, -0.15) is 24.7 Å². The molecule has 0 aromatic carbocycles. The van der Waals surface area contributed by atoms with Crippen LogP contribution in [0.2, 0.25) is 0 Å². The van der Waals surface area contributed by atoms with Gasteiger partial charge in [-0.25, -0.2) is 0 Å². The largest absolute Gasteiger partial charge is 2.00 e. The molecule has 1 heterocycles. The normalized spacial score (nSPS) is 20.0. The van der Waals surface area contributed by atoms with Crippen LogP contribution in [0.25, 0.3) is 47.1 Å². The Morgan fingerprint density at radius 3 is 0.962 bits per heavy atom. The van der Waals surface area contributed by atoms with Gasteiger partial charge in [0.1, 0.15) is 6.42 Å². The van der Waals surface area contributed by atoms with Gasteiger partial charge in [0, 0.05) is 0 Å². The van der Waals surface area contributed by atoms with Crippen molar-refractivity contribution in [2.75, 3.05) is 13.1 Å². The number of carboxylic acid groups (broad SMARTS) is 6. The van der Waals surface area contributed by atoms with Crippen LogP contribution in [0.3, 0.4) is 0 Å². The summed E-state index contributed by atoms with van der Waals surface area (Å²) >= 11 is -0.472.